The molecule has 0 radical (unpaired) electrons. The van der Waals surface area contributed by atoms with Crippen molar-refractivity contribution in [2.24, 2.45) is 7.05 Å². The van der Waals surface area contributed by atoms with E-state index < -0.39 is 5.72 Å². The molecule has 3 atom stereocenters. The summed E-state index contributed by atoms with van der Waals surface area (Å²) in [4.78, 5) is 15.8. The molecule has 2 bridgehead atoms. The second kappa shape index (κ2) is 8.14. The standard InChI is InChI=1S/C26H26N6O3/c1-3-22(34)26-12-17(29-26)10-15(8-9-35-26)24-23(16-13-27-32(2)14-16)19-11-20(30-31-25(19)28-24)18-6-4-5-7-21(18)33/h3-7,11,13-15,17,29,33H,1,8-10,12H2,2H3,(H,28,31)/t15-,17+,26?/m0/s1. The fourth-order valence-corrected chi connectivity index (χ4v) is 5.40. The number of phenols is 1. The Labute approximate surface area is 201 Å². The van der Waals surface area contributed by atoms with Gasteiger partial charge >= 0.3 is 0 Å². The summed E-state index contributed by atoms with van der Waals surface area (Å²) in [7, 11) is 1.89. The highest BCUT2D eigenvalue weighted by Crippen LogP contribution is 2.43. The van der Waals surface area contributed by atoms with Gasteiger partial charge in [0.05, 0.1) is 18.5 Å². The van der Waals surface area contributed by atoms with Crippen molar-refractivity contribution in [1.82, 2.24) is 30.3 Å². The Bertz CT molecular complexity index is 1440. The summed E-state index contributed by atoms with van der Waals surface area (Å²) in [5.74, 6) is 0.203. The van der Waals surface area contributed by atoms with Crippen molar-refractivity contribution in [3.8, 4) is 28.1 Å². The number of ether oxygens (including phenoxy) is 1. The molecular formula is C26H26N6O3. The Balaban J connectivity index is 1.43. The summed E-state index contributed by atoms with van der Waals surface area (Å²) in [6.07, 6.45) is 7.41. The number of nitrogens with zero attached hydrogens (tertiary/aromatic N) is 4. The van der Waals surface area contributed by atoms with Gasteiger partial charge in [-0.1, -0.05) is 18.7 Å². The van der Waals surface area contributed by atoms with Crippen molar-refractivity contribution in [3.63, 3.8) is 0 Å². The molecule has 1 unspecified atom stereocenters. The summed E-state index contributed by atoms with van der Waals surface area (Å²) in [5.41, 5.74) is 4.05. The molecule has 3 fully saturated rings. The number of phenolic OH excluding ortho intramolecular Hbond substituents is 1. The minimum atomic E-state index is -0.915. The molecule has 3 aliphatic heterocycles. The minimum absolute atomic E-state index is 0.110. The number of rotatable bonds is 5. The molecule has 3 saturated heterocycles. The van der Waals surface area contributed by atoms with Crippen LogP contribution in [0, 0.1) is 0 Å². The number of ketones is 1. The van der Waals surface area contributed by atoms with Gasteiger partial charge in [-0.25, -0.2) is 0 Å². The lowest BCUT2D eigenvalue weighted by molar-refractivity contribution is -0.172. The average Bonchev–Trinajstić information content (AvgIpc) is 3.40. The highest BCUT2D eigenvalue weighted by molar-refractivity contribution is 5.98. The van der Waals surface area contributed by atoms with Crippen LogP contribution in [-0.4, -0.2) is 54.2 Å². The van der Waals surface area contributed by atoms with Gasteiger partial charge in [0.1, 0.15) is 5.75 Å². The van der Waals surface area contributed by atoms with Crippen molar-refractivity contribution in [2.45, 2.75) is 36.9 Å². The van der Waals surface area contributed by atoms with E-state index in [0.717, 1.165) is 35.0 Å². The van der Waals surface area contributed by atoms with Gasteiger partial charge in [0.15, 0.2) is 11.4 Å². The molecule has 0 saturated carbocycles. The Morgan fingerprint density at radius 3 is 2.91 bits per heavy atom. The lowest BCUT2D eigenvalue weighted by Gasteiger charge is -2.49. The largest absolute Gasteiger partial charge is 0.507 e. The lowest BCUT2D eigenvalue weighted by Crippen LogP contribution is -2.70. The summed E-state index contributed by atoms with van der Waals surface area (Å²) in [6.45, 7) is 4.06. The maximum atomic E-state index is 12.3. The fraction of sp³-hybridized carbons (Fsp3) is 0.308. The lowest BCUT2D eigenvalue weighted by atomic mass is 9.79. The van der Waals surface area contributed by atoms with Crippen LogP contribution in [0.15, 0.2) is 55.4 Å². The predicted molar refractivity (Wildman–Crippen MR) is 131 cm³/mol. The van der Waals surface area contributed by atoms with Crippen molar-refractivity contribution >= 4 is 16.8 Å². The van der Waals surface area contributed by atoms with Gasteiger partial charge in [0.2, 0.25) is 5.78 Å². The number of benzene rings is 1. The van der Waals surface area contributed by atoms with E-state index in [1.165, 1.54) is 6.08 Å². The summed E-state index contributed by atoms with van der Waals surface area (Å²) >= 11 is 0. The number of aromatic amines is 1. The van der Waals surface area contributed by atoms with Gasteiger partial charge in [-0.15, -0.1) is 10.2 Å². The molecule has 178 valence electrons. The van der Waals surface area contributed by atoms with Gasteiger partial charge in [-0.2, -0.15) is 5.10 Å². The molecule has 3 aromatic heterocycles. The van der Waals surface area contributed by atoms with Gasteiger partial charge in [0.25, 0.3) is 0 Å². The van der Waals surface area contributed by atoms with E-state index >= 15 is 0 Å². The fourth-order valence-electron chi connectivity index (χ4n) is 5.40. The number of aryl methyl sites for hydroxylation is 1. The predicted octanol–water partition coefficient (Wildman–Crippen LogP) is 3.44. The number of nitrogens with one attached hydrogen (secondary N) is 2. The Hall–Kier alpha value is -3.82. The van der Waals surface area contributed by atoms with E-state index in [-0.39, 0.29) is 23.5 Å². The molecule has 3 aliphatic rings. The van der Waals surface area contributed by atoms with E-state index in [1.807, 2.05) is 37.6 Å². The SMILES string of the molecule is C=CC(=O)C12C[C@@H](C[C@@H](c3[nH]c4nnc(-c5ccccc5O)cc4c3-c3cnn(C)c3)CCO1)N2. The van der Waals surface area contributed by atoms with Crippen LogP contribution in [0.1, 0.15) is 30.9 Å². The van der Waals surface area contributed by atoms with Crippen molar-refractivity contribution in [1.29, 1.82) is 0 Å². The first-order valence-corrected chi connectivity index (χ1v) is 11.7. The first-order valence-electron chi connectivity index (χ1n) is 11.7. The molecule has 0 aliphatic carbocycles. The smallest absolute Gasteiger partial charge is 0.201 e. The third-order valence-electron chi connectivity index (χ3n) is 7.11. The van der Waals surface area contributed by atoms with Gasteiger partial charge in [-0.05, 0) is 37.1 Å². The van der Waals surface area contributed by atoms with E-state index in [9.17, 15) is 9.90 Å². The van der Waals surface area contributed by atoms with Crippen molar-refractivity contribution in [3.05, 3.63) is 61.1 Å². The molecule has 9 nitrogen and oxygen atoms in total. The summed E-state index contributed by atoms with van der Waals surface area (Å²) in [5, 5.41) is 27.9. The second-order valence-electron chi connectivity index (χ2n) is 9.34. The number of hydrogen-bond donors (Lipinski definition) is 3. The number of para-hydroxylation sites is 1. The van der Waals surface area contributed by atoms with Crippen molar-refractivity contribution < 1.29 is 14.6 Å². The molecule has 0 spiro atoms. The number of fused-ring (bicyclic) bond motifs is 5. The number of H-pyrrole nitrogens is 1. The maximum absolute atomic E-state index is 12.3. The highest BCUT2D eigenvalue weighted by Gasteiger charge is 2.51. The molecule has 4 aromatic rings. The molecular weight excluding hydrogens is 444 g/mol. The number of aromatic nitrogens is 5. The zero-order valence-electron chi connectivity index (χ0n) is 19.4. The number of hydrogen-bond acceptors (Lipinski definition) is 7. The van der Waals surface area contributed by atoms with Crippen LogP contribution < -0.4 is 5.32 Å². The molecule has 3 N–H and O–H groups in total. The van der Waals surface area contributed by atoms with E-state index in [2.05, 4.69) is 32.2 Å². The van der Waals surface area contributed by atoms with Gasteiger partial charge in [-0.3, -0.25) is 14.8 Å². The van der Waals surface area contributed by atoms with Gasteiger partial charge < -0.3 is 14.8 Å². The van der Waals surface area contributed by atoms with Crippen LogP contribution in [-0.2, 0) is 16.6 Å². The summed E-state index contributed by atoms with van der Waals surface area (Å²) in [6, 6.07) is 9.25. The van der Waals surface area contributed by atoms with E-state index in [4.69, 9.17) is 4.74 Å². The van der Waals surface area contributed by atoms with E-state index in [0.29, 0.717) is 29.9 Å². The zero-order chi connectivity index (χ0) is 24.2. The first kappa shape index (κ1) is 21.7. The maximum Gasteiger partial charge on any atom is 0.201 e. The Kier molecular flexibility index (Phi) is 5.05. The van der Waals surface area contributed by atoms with Crippen LogP contribution in [0.4, 0.5) is 0 Å². The number of aromatic hydroxyl groups is 1. The zero-order valence-corrected chi connectivity index (χ0v) is 19.4. The molecule has 0 amide bonds. The van der Waals surface area contributed by atoms with E-state index in [1.54, 1.807) is 16.8 Å². The van der Waals surface area contributed by atoms with Crippen LogP contribution in [0.25, 0.3) is 33.4 Å². The normalized spacial score (nSPS) is 23.9. The van der Waals surface area contributed by atoms with Crippen molar-refractivity contribution in [2.75, 3.05) is 6.61 Å². The van der Waals surface area contributed by atoms with Gasteiger partial charge in [0, 0.05) is 59.4 Å². The summed E-state index contributed by atoms with van der Waals surface area (Å²) < 4.78 is 7.81. The quantitative estimate of drug-likeness (QED) is 0.383. The molecule has 9 heteroatoms. The molecule has 35 heavy (non-hydrogen) atoms. The Morgan fingerprint density at radius 1 is 1.34 bits per heavy atom. The topological polar surface area (TPSA) is 118 Å². The molecule has 7 rings (SSSR count). The third kappa shape index (κ3) is 3.55. The van der Waals surface area contributed by atoms with Crippen LogP contribution >= 0.6 is 0 Å². The second-order valence-corrected chi connectivity index (χ2v) is 9.34. The highest BCUT2D eigenvalue weighted by atomic mass is 16.5. The molecule has 1 aromatic carbocycles. The van der Waals surface area contributed by atoms with Crippen LogP contribution in [0.2, 0.25) is 0 Å². The van der Waals surface area contributed by atoms with Crippen LogP contribution in [0.5, 0.6) is 5.75 Å². The Morgan fingerprint density at radius 2 is 2.17 bits per heavy atom. The number of carbonyl (C=O) groups excluding carboxylic acids is 1. The monoisotopic (exact) mass is 470 g/mol. The number of carbonyl (C=O) groups is 1. The third-order valence-corrected chi connectivity index (χ3v) is 7.11. The van der Waals surface area contributed by atoms with Crippen LogP contribution in [0.3, 0.4) is 0 Å². The minimum Gasteiger partial charge on any atom is -0.507 e. The first-order chi connectivity index (χ1) is 17.0. The average molecular weight is 471 g/mol. The molecule has 6 heterocycles.